The van der Waals surface area contributed by atoms with Crippen LogP contribution in [0, 0.1) is 0 Å². The van der Waals surface area contributed by atoms with Gasteiger partial charge in [0.1, 0.15) is 0 Å². The molecule has 1 aliphatic rings. The average Bonchev–Trinajstić information content (AvgIpc) is 2.89. The molecule has 0 aromatic heterocycles. The zero-order chi connectivity index (χ0) is 14.9. The summed E-state index contributed by atoms with van der Waals surface area (Å²) >= 11 is 6.17. The molecule has 0 saturated carbocycles. The van der Waals surface area contributed by atoms with Crippen molar-refractivity contribution in [3.63, 3.8) is 0 Å². The SMILES string of the molecule is COC(=O)c1ccc(S(C)(=O)=O)c(C2=CCON2)c1Cl. The largest absolute Gasteiger partial charge is 0.465 e. The van der Waals surface area contributed by atoms with Crippen molar-refractivity contribution in [1.29, 1.82) is 0 Å². The summed E-state index contributed by atoms with van der Waals surface area (Å²) in [6, 6.07) is 2.65. The van der Waals surface area contributed by atoms with Crippen molar-refractivity contribution >= 4 is 33.1 Å². The fraction of sp³-hybridized carbons (Fsp3) is 0.250. The van der Waals surface area contributed by atoms with Gasteiger partial charge in [0.15, 0.2) is 9.84 Å². The number of nitrogens with one attached hydrogen (secondary N) is 1. The molecule has 0 bridgehead atoms. The highest BCUT2D eigenvalue weighted by atomic mass is 35.5. The van der Waals surface area contributed by atoms with Gasteiger partial charge in [0.2, 0.25) is 0 Å². The lowest BCUT2D eigenvalue weighted by molar-refractivity contribution is 0.0600. The van der Waals surface area contributed by atoms with Crippen molar-refractivity contribution in [3.05, 3.63) is 34.4 Å². The highest BCUT2D eigenvalue weighted by Crippen LogP contribution is 2.33. The van der Waals surface area contributed by atoms with Gasteiger partial charge in [-0.1, -0.05) is 11.6 Å². The van der Waals surface area contributed by atoms with Crippen LogP contribution in [0.2, 0.25) is 5.02 Å². The molecule has 1 aromatic rings. The van der Waals surface area contributed by atoms with E-state index in [0.717, 1.165) is 6.26 Å². The Morgan fingerprint density at radius 2 is 2.15 bits per heavy atom. The molecule has 1 aliphatic heterocycles. The Kier molecular flexibility index (Phi) is 4.03. The number of sulfone groups is 1. The number of hydrogen-bond donors (Lipinski definition) is 1. The van der Waals surface area contributed by atoms with Crippen LogP contribution in [-0.2, 0) is 19.4 Å². The fourth-order valence-corrected chi connectivity index (χ4v) is 3.12. The highest BCUT2D eigenvalue weighted by Gasteiger charge is 2.25. The van der Waals surface area contributed by atoms with E-state index in [0.29, 0.717) is 5.70 Å². The average molecular weight is 318 g/mol. The van der Waals surface area contributed by atoms with Crippen LogP contribution < -0.4 is 5.48 Å². The number of benzene rings is 1. The summed E-state index contributed by atoms with van der Waals surface area (Å²) < 4.78 is 28.3. The van der Waals surface area contributed by atoms with E-state index in [9.17, 15) is 13.2 Å². The van der Waals surface area contributed by atoms with E-state index in [-0.39, 0.29) is 27.7 Å². The van der Waals surface area contributed by atoms with Gasteiger partial charge in [-0.25, -0.2) is 13.2 Å². The van der Waals surface area contributed by atoms with Crippen LogP contribution in [0.5, 0.6) is 0 Å². The molecule has 1 aromatic carbocycles. The van der Waals surface area contributed by atoms with Gasteiger partial charge in [-0.05, 0) is 18.2 Å². The van der Waals surface area contributed by atoms with Gasteiger partial charge in [0, 0.05) is 11.8 Å². The summed E-state index contributed by atoms with van der Waals surface area (Å²) in [6.45, 7) is 0.275. The minimum Gasteiger partial charge on any atom is -0.465 e. The third-order valence-electron chi connectivity index (χ3n) is 2.73. The third-order valence-corrected chi connectivity index (χ3v) is 4.26. The number of hydroxylamine groups is 1. The molecular weight excluding hydrogens is 306 g/mol. The molecule has 6 nitrogen and oxygen atoms in total. The van der Waals surface area contributed by atoms with E-state index in [4.69, 9.17) is 16.4 Å². The second-order valence-corrected chi connectivity index (χ2v) is 6.46. The maximum atomic E-state index is 11.8. The Balaban J connectivity index is 2.73. The van der Waals surface area contributed by atoms with Gasteiger partial charge < -0.3 is 4.74 Å². The van der Waals surface area contributed by atoms with E-state index >= 15 is 0 Å². The first kappa shape index (κ1) is 14.8. The van der Waals surface area contributed by atoms with E-state index in [2.05, 4.69) is 10.2 Å². The lowest BCUT2D eigenvalue weighted by Gasteiger charge is -2.14. The number of halogens is 1. The quantitative estimate of drug-likeness (QED) is 0.849. The van der Waals surface area contributed by atoms with Crippen LogP contribution in [0.1, 0.15) is 15.9 Å². The van der Waals surface area contributed by atoms with Crippen molar-refractivity contribution in [1.82, 2.24) is 5.48 Å². The van der Waals surface area contributed by atoms with Gasteiger partial charge in [-0.2, -0.15) is 0 Å². The predicted molar refractivity (Wildman–Crippen MR) is 73.0 cm³/mol. The van der Waals surface area contributed by atoms with Gasteiger partial charge >= 0.3 is 5.97 Å². The smallest absolute Gasteiger partial charge is 0.339 e. The third kappa shape index (κ3) is 2.65. The molecule has 0 atom stereocenters. The summed E-state index contributed by atoms with van der Waals surface area (Å²) in [5.74, 6) is -0.643. The van der Waals surface area contributed by atoms with Crippen LogP contribution in [0.3, 0.4) is 0 Å². The van der Waals surface area contributed by atoms with E-state index in [1.54, 1.807) is 6.08 Å². The summed E-state index contributed by atoms with van der Waals surface area (Å²) in [4.78, 5) is 16.6. The molecule has 0 aliphatic carbocycles. The number of carbonyl (C=O) groups is 1. The predicted octanol–water partition coefficient (Wildman–Crippen LogP) is 1.41. The van der Waals surface area contributed by atoms with Gasteiger partial charge in [-0.3, -0.25) is 10.3 Å². The lowest BCUT2D eigenvalue weighted by atomic mass is 10.1. The van der Waals surface area contributed by atoms with Gasteiger partial charge in [0.05, 0.1) is 34.9 Å². The fourth-order valence-electron chi connectivity index (χ4n) is 1.83. The summed E-state index contributed by atoms with van der Waals surface area (Å²) in [6.07, 6.45) is 2.70. The molecular formula is C12H12ClNO5S. The molecule has 1 heterocycles. The number of carbonyl (C=O) groups excluding carboxylic acids is 1. The maximum Gasteiger partial charge on any atom is 0.339 e. The normalized spacial score (nSPS) is 14.7. The second-order valence-electron chi connectivity index (χ2n) is 4.09. The minimum atomic E-state index is -3.52. The number of hydrogen-bond acceptors (Lipinski definition) is 6. The molecule has 1 N–H and O–H groups in total. The minimum absolute atomic E-state index is 0.00373. The Morgan fingerprint density at radius 1 is 1.45 bits per heavy atom. The molecule has 0 fully saturated rings. The topological polar surface area (TPSA) is 81.7 Å². The first-order valence-corrected chi connectivity index (χ1v) is 7.82. The Hall–Kier alpha value is -1.57. The van der Waals surface area contributed by atoms with Crippen molar-refractivity contribution in [2.24, 2.45) is 0 Å². The van der Waals surface area contributed by atoms with Crippen LogP contribution in [-0.4, -0.2) is 34.4 Å². The molecule has 2 rings (SSSR count). The van der Waals surface area contributed by atoms with Crippen LogP contribution in [0.4, 0.5) is 0 Å². The van der Waals surface area contributed by atoms with Crippen LogP contribution in [0.15, 0.2) is 23.1 Å². The van der Waals surface area contributed by atoms with Crippen molar-refractivity contribution in [2.45, 2.75) is 4.90 Å². The molecule has 0 amide bonds. The molecule has 0 radical (unpaired) electrons. The standard InChI is InChI=1S/C12H12ClNO5S/c1-18-12(15)7-3-4-9(20(2,16)17)10(11(7)13)8-5-6-19-14-8/h3-5,14H,6H2,1-2H3. The van der Waals surface area contributed by atoms with Gasteiger partial charge in [0.25, 0.3) is 0 Å². The molecule has 0 spiro atoms. The second kappa shape index (κ2) is 5.43. The Labute approximate surface area is 121 Å². The summed E-state index contributed by atoms with van der Waals surface area (Å²) in [7, 11) is -2.29. The number of esters is 1. The maximum absolute atomic E-state index is 11.8. The van der Waals surface area contributed by atoms with E-state index in [1.165, 1.54) is 19.2 Å². The van der Waals surface area contributed by atoms with Crippen molar-refractivity contribution in [2.75, 3.05) is 20.0 Å². The lowest BCUT2D eigenvalue weighted by Crippen LogP contribution is -2.13. The Morgan fingerprint density at radius 3 is 2.65 bits per heavy atom. The number of ether oxygens (including phenoxy) is 1. The molecule has 108 valence electrons. The summed E-state index contributed by atoms with van der Waals surface area (Å²) in [5, 5.41) is 0.00373. The zero-order valence-electron chi connectivity index (χ0n) is 10.8. The van der Waals surface area contributed by atoms with E-state index < -0.39 is 15.8 Å². The van der Waals surface area contributed by atoms with Crippen LogP contribution >= 0.6 is 11.6 Å². The highest BCUT2D eigenvalue weighted by molar-refractivity contribution is 7.90. The van der Waals surface area contributed by atoms with Crippen molar-refractivity contribution in [3.8, 4) is 0 Å². The van der Waals surface area contributed by atoms with Crippen molar-refractivity contribution < 1.29 is 22.8 Å². The van der Waals surface area contributed by atoms with Gasteiger partial charge in [-0.15, -0.1) is 0 Å². The molecule has 20 heavy (non-hydrogen) atoms. The van der Waals surface area contributed by atoms with Crippen LogP contribution in [0.25, 0.3) is 5.70 Å². The molecule has 0 saturated heterocycles. The number of rotatable bonds is 3. The first-order chi connectivity index (χ1) is 9.36. The Bertz CT molecular complexity index is 696. The van der Waals surface area contributed by atoms with E-state index in [1.807, 2.05) is 0 Å². The molecule has 0 unspecified atom stereocenters. The summed E-state index contributed by atoms with van der Waals surface area (Å²) in [5.41, 5.74) is 3.27. The first-order valence-electron chi connectivity index (χ1n) is 5.55. The number of methoxy groups -OCH3 is 1. The molecule has 8 heteroatoms. The monoisotopic (exact) mass is 317 g/mol. The zero-order valence-corrected chi connectivity index (χ0v) is 12.3.